The molecule has 9 heteroatoms. The molecular weight excluding hydrogens is 405 g/mol. The first-order valence-corrected chi connectivity index (χ1v) is 9.68. The Kier molecular flexibility index (Phi) is 4.90. The van der Waals surface area contributed by atoms with Crippen molar-refractivity contribution in [3.05, 3.63) is 52.5 Å². The van der Waals surface area contributed by atoms with Gasteiger partial charge in [-0.25, -0.2) is 4.98 Å². The van der Waals surface area contributed by atoms with Crippen molar-refractivity contribution < 1.29 is 4.79 Å². The highest BCUT2D eigenvalue weighted by Crippen LogP contribution is 2.26. The van der Waals surface area contributed by atoms with Gasteiger partial charge in [0.2, 0.25) is 11.1 Å². The predicted molar refractivity (Wildman–Crippen MR) is 110 cm³/mol. The third-order valence-corrected chi connectivity index (χ3v) is 5.27. The van der Waals surface area contributed by atoms with E-state index in [1.165, 1.54) is 11.8 Å². The van der Waals surface area contributed by atoms with Crippen LogP contribution in [-0.4, -0.2) is 31.3 Å². The minimum atomic E-state index is -0.439. The molecule has 1 amide bonds. The van der Waals surface area contributed by atoms with Gasteiger partial charge in [-0.05, 0) is 31.2 Å². The maximum absolute atomic E-state index is 12.4. The van der Waals surface area contributed by atoms with Crippen LogP contribution in [0, 0.1) is 0 Å². The Morgan fingerprint density at radius 1 is 1.15 bits per heavy atom. The van der Waals surface area contributed by atoms with Crippen LogP contribution in [-0.2, 0) is 4.79 Å². The Hall–Kier alpha value is -2.35. The summed E-state index contributed by atoms with van der Waals surface area (Å²) in [6, 6.07) is 12.7. The zero-order chi connectivity index (χ0) is 19.0. The fourth-order valence-electron chi connectivity index (χ4n) is 2.64. The van der Waals surface area contributed by atoms with Crippen LogP contribution >= 0.6 is 35.0 Å². The number of amides is 1. The third-order valence-electron chi connectivity index (χ3n) is 3.88. The van der Waals surface area contributed by atoms with Gasteiger partial charge < -0.3 is 10.3 Å². The highest BCUT2D eigenvalue weighted by Gasteiger charge is 2.18. The second kappa shape index (κ2) is 7.34. The fraction of sp³-hybridized carbons (Fsp3) is 0.111. The number of hydrogen-bond acceptors (Lipinski definition) is 5. The first-order chi connectivity index (χ1) is 13.0. The molecule has 0 aliphatic rings. The lowest BCUT2D eigenvalue weighted by Crippen LogP contribution is -2.22. The predicted octanol–water partition coefficient (Wildman–Crippen LogP) is 4.93. The SMILES string of the molecule is CC(Sc1nnc2c(n1)[nH]c1ccccc12)C(=O)Nc1cc(Cl)cc(Cl)c1. The van der Waals surface area contributed by atoms with Gasteiger partial charge in [-0.3, -0.25) is 4.79 Å². The Morgan fingerprint density at radius 3 is 2.67 bits per heavy atom. The van der Waals surface area contributed by atoms with E-state index in [1.54, 1.807) is 25.1 Å². The number of thioether (sulfide) groups is 1. The van der Waals surface area contributed by atoms with Crippen molar-refractivity contribution in [1.82, 2.24) is 20.2 Å². The van der Waals surface area contributed by atoms with Crippen molar-refractivity contribution in [2.75, 3.05) is 5.32 Å². The standard InChI is InChI=1S/C18H13Cl2N5OS/c1-9(17(26)21-12-7-10(19)6-11(20)8-12)27-18-23-16-15(24-25-18)13-4-2-3-5-14(13)22-16/h2-9H,1H3,(H,21,26)(H,22,23,25). The first-order valence-electron chi connectivity index (χ1n) is 8.04. The molecule has 0 aliphatic heterocycles. The number of nitrogens with zero attached hydrogens (tertiary/aromatic N) is 3. The van der Waals surface area contributed by atoms with E-state index in [4.69, 9.17) is 23.2 Å². The molecule has 136 valence electrons. The van der Waals surface area contributed by atoms with Gasteiger partial charge in [0.1, 0.15) is 5.52 Å². The van der Waals surface area contributed by atoms with Gasteiger partial charge in [0.15, 0.2) is 5.65 Å². The smallest absolute Gasteiger partial charge is 0.237 e. The number of H-pyrrole nitrogens is 1. The molecule has 2 heterocycles. The normalized spacial score (nSPS) is 12.4. The van der Waals surface area contributed by atoms with E-state index in [2.05, 4.69) is 25.5 Å². The van der Waals surface area contributed by atoms with Crippen molar-refractivity contribution in [2.45, 2.75) is 17.3 Å². The Labute approximate surface area is 168 Å². The fourth-order valence-corrected chi connectivity index (χ4v) is 3.88. The zero-order valence-corrected chi connectivity index (χ0v) is 16.4. The van der Waals surface area contributed by atoms with E-state index in [0.29, 0.717) is 32.1 Å². The number of aromatic amines is 1. The maximum atomic E-state index is 12.4. The van der Waals surface area contributed by atoms with E-state index >= 15 is 0 Å². The minimum absolute atomic E-state index is 0.210. The number of anilines is 1. The number of carbonyl (C=O) groups is 1. The van der Waals surface area contributed by atoms with E-state index in [-0.39, 0.29) is 5.91 Å². The molecule has 4 aromatic rings. The van der Waals surface area contributed by atoms with Crippen molar-refractivity contribution in [3.63, 3.8) is 0 Å². The molecule has 4 rings (SSSR count). The van der Waals surface area contributed by atoms with Gasteiger partial charge in [-0.2, -0.15) is 0 Å². The highest BCUT2D eigenvalue weighted by molar-refractivity contribution is 8.00. The third kappa shape index (κ3) is 3.85. The molecule has 1 atom stereocenters. The molecule has 0 spiro atoms. The molecule has 0 bridgehead atoms. The van der Waals surface area contributed by atoms with Crippen LogP contribution < -0.4 is 5.32 Å². The summed E-state index contributed by atoms with van der Waals surface area (Å²) in [4.78, 5) is 20.1. The minimum Gasteiger partial charge on any atom is -0.338 e. The molecule has 0 saturated heterocycles. The number of nitrogens with one attached hydrogen (secondary N) is 2. The van der Waals surface area contributed by atoms with Gasteiger partial charge >= 0.3 is 0 Å². The van der Waals surface area contributed by atoms with Crippen LogP contribution in [0.25, 0.3) is 22.1 Å². The molecule has 1 unspecified atom stereocenters. The maximum Gasteiger partial charge on any atom is 0.237 e. The molecular formula is C18H13Cl2N5OS. The van der Waals surface area contributed by atoms with Crippen LogP contribution in [0.2, 0.25) is 10.0 Å². The number of aromatic nitrogens is 4. The number of hydrogen-bond donors (Lipinski definition) is 2. The monoisotopic (exact) mass is 417 g/mol. The molecule has 0 radical (unpaired) electrons. The number of carbonyl (C=O) groups excluding carboxylic acids is 1. The number of halogens is 2. The summed E-state index contributed by atoms with van der Waals surface area (Å²) in [6.45, 7) is 1.77. The number of benzene rings is 2. The van der Waals surface area contributed by atoms with Crippen LogP contribution in [0.3, 0.4) is 0 Å². The van der Waals surface area contributed by atoms with Gasteiger partial charge in [0.25, 0.3) is 0 Å². The van der Waals surface area contributed by atoms with Crippen LogP contribution in [0.4, 0.5) is 5.69 Å². The van der Waals surface area contributed by atoms with E-state index < -0.39 is 5.25 Å². The number of fused-ring (bicyclic) bond motifs is 3. The quantitative estimate of drug-likeness (QED) is 0.459. The second-order valence-electron chi connectivity index (χ2n) is 5.87. The summed E-state index contributed by atoms with van der Waals surface area (Å²) < 4.78 is 0. The molecule has 0 saturated carbocycles. The average molecular weight is 418 g/mol. The molecule has 6 nitrogen and oxygen atoms in total. The van der Waals surface area contributed by atoms with Gasteiger partial charge in [0.05, 0.1) is 5.25 Å². The topological polar surface area (TPSA) is 83.6 Å². The van der Waals surface area contributed by atoms with Crippen molar-refractivity contribution >= 4 is 68.6 Å². The lowest BCUT2D eigenvalue weighted by Gasteiger charge is -2.11. The van der Waals surface area contributed by atoms with Crippen molar-refractivity contribution in [3.8, 4) is 0 Å². The van der Waals surface area contributed by atoms with E-state index in [9.17, 15) is 4.79 Å². The number of rotatable bonds is 4. The number of para-hydroxylation sites is 1. The molecule has 0 fully saturated rings. The van der Waals surface area contributed by atoms with Gasteiger partial charge in [-0.1, -0.05) is 53.2 Å². The van der Waals surface area contributed by atoms with Gasteiger partial charge in [0, 0.05) is 26.6 Å². The summed E-state index contributed by atoms with van der Waals surface area (Å²) >= 11 is 13.1. The molecule has 27 heavy (non-hydrogen) atoms. The first kappa shape index (κ1) is 18.0. The summed E-state index contributed by atoms with van der Waals surface area (Å²) in [7, 11) is 0. The van der Waals surface area contributed by atoms with E-state index in [1.807, 2.05) is 24.3 Å². The second-order valence-corrected chi connectivity index (χ2v) is 8.05. The Morgan fingerprint density at radius 2 is 1.89 bits per heavy atom. The lowest BCUT2D eigenvalue weighted by molar-refractivity contribution is -0.115. The van der Waals surface area contributed by atoms with Gasteiger partial charge in [-0.15, -0.1) is 10.2 Å². The molecule has 2 N–H and O–H groups in total. The van der Waals surface area contributed by atoms with E-state index in [0.717, 1.165) is 10.9 Å². The molecule has 2 aromatic carbocycles. The highest BCUT2D eigenvalue weighted by atomic mass is 35.5. The lowest BCUT2D eigenvalue weighted by atomic mass is 10.2. The molecule has 0 aliphatic carbocycles. The molecule has 2 aromatic heterocycles. The summed E-state index contributed by atoms with van der Waals surface area (Å²) in [5.41, 5.74) is 2.83. The summed E-state index contributed by atoms with van der Waals surface area (Å²) in [5.74, 6) is -0.210. The Balaban J connectivity index is 1.52. The van der Waals surface area contributed by atoms with Crippen LogP contribution in [0.15, 0.2) is 47.6 Å². The summed E-state index contributed by atoms with van der Waals surface area (Å²) in [5, 5.41) is 13.0. The average Bonchev–Trinajstić information content (AvgIpc) is 2.98. The zero-order valence-electron chi connectivity index (χ0n) is 14.0. The summed E-state index contributed by atoms with van der Waals surface area (Å²) in [6.07, 6.45) is 0. The van der Waals surface area contributed by atoms with Crippen molar-refractivity contribution in [2.24, 2.45) is 0 Å². The van der Waals surface area contributed by atoms with Crippen LogP contribution in [0.1, 0.15) is 6.92 Å². The Bertz CT molecular complexity index is 1140. The van der Waals surface area contributed by atoms with Crippen LogP contribution in [0.5, 0.6) is 0 Å². The largest absolute Gasteiger partial charge is 0.338 e. The van der Waals surface area contributed by atoms with Crippen molar-refractivity contribution in [1.29, 1.82) is 0 Å².